The number of methoxy groups -OCH3 is 2. The Morgan fingerprint density at radius 2 is 1.62 bits per heavy atom. The minimum Gasteiger partial charge on any atom is -0.497 e. The van der Waals surface area contributed by atoms with Gasteiger partial charge in [-0.2, -0.15) is 0 Å². The molecule has 0 spiro atoms. The van der Waals surface area contributed by atoms with E-state index in [1.54, 1.807) is 44.6 Å². The first-order chi connectivity index (χ1) is 12.4. The van der Waals surface area contributed by atoms with E-state index in [1.807, 2.05) is 19.1 Å². The smallest absolute Gasteiger partial charge is 0.248 e. The predicted octanol–water partition coefficient (Wildman–Crippen LogP) is 3.70. The number of ether oxygens (including phenoxy) is 2. The molecule has 0 fully saturated rings. The second-order valence-electron chi connectivity index (χ2n) is 5.64. The molecule has 0 aliphatic rings. The summed E-state index contributed by atoms with van der Waals surface area (Å²) in [4.78, 5) is 23.4. The summed E-state index contributed by atoms with van der Waals surface area (Å²) in [6, 6.07) is 12.4. The van der Waals surface area contributed by atoms with Crippen molar-refractivity contribution in [3.8, 4) is 11.5 Å². The third-order valence-electron chi connectivity index (χ3n) is 3.63. The minimum absolute atomic E-state index is 0.171. The Kier molecular flexibility index (Phi) is 6.38. The summed E-state index contributed by atoms with van der Waals surface area (Å²) in [7, 11) is 3.15. The number of amides is 2. The van der Waals surface area contributed by atoms with Gasteiger partial charge in [0.15, 0.2) is 0 Å². The Labute approximate surface area is 152 Å². The quantitative estimate of drug-likeness (QED) is 0.776. The van der Waals surface area contributed by atoms with Crippen LogP contribution in [0.15, 0.2) is 48.5 Å². The standard InChI is InChI=1S/C20H22N2O4/c1-13(18-9-8-17(25-3)12-19(18)26-4)10-20(24)22-16-7-5-6-15(11-16)21-14(2)23/h5-12H,1-4H3,(H,21,23)(H,22,24)/b13-10+. The summed E-state index contributed by atoms with van der Waals surface area (Å²) < 4.78 is 10.6. The van der Waals surface area contributed by atoms with Crippen LogP contribution in [0.3, 0.4) is 0 Å². The van der Waals surface area contributed by atoms with Gasteiger partial charge in [-0.05, 0) is 42.8 Å². The average Bonchev–Trinajstić information content (AvgIpc) is 2.60. The maximum Gasteiger partial charge on any atom is 0.248 e. The van der Waals surface area contributed by atoms with E-state index < -0.39 is 0 Å². The lowest BCUT2D eigenvalue weighted by Gasteiger charge is -2.11. The second kappa shape index (κ2) is 8.71. The Morgan fingerprint density at radius 1 is 0.923 bits per heavy atom. The van der Waals surface area contributed by atoms with E-state index in [1.165, 1.54) is 13.0 Å². The molecule has 26 heavy (non-hydrogen) atoms. The largest absolute Gasteiger partial charge is 0.497 e. The normalized spacial score (nSPS) is 10.8. The number of benzene rings is 2. The molecule has 0 saturated carbocycles. The van der Waals surface area contributed by atoms with Crippen molar-refractivity contribution >= 4 is 28.8 Å². The highest BCUT2D eigenvalue weighted by atomic mass is 16.5. The van der Waals surface area contributed by atoms with Gasteiger partial charge in [0.05, 0.1) is 14.2 Å². The average molecular weight is 354 g/mol. The number of anilines is 2. The maximum absolute atomic E-state index is 12.3. The Balaban J connectivity index is 2.16. The Morgan fingerprint density at radius 3 is 2.23 bits per heavy atom. The minimum atomic E-state index is -0.277. The molecule has 0 bridgehead atoms. The highest BCUT2D eigenvalue weighted by Gasteiger charge is 2.09. The molecule has 0 heterocycles. The maximum atomic E-state index is 12.3. The van der Waals surface area contributed by atoms with Crippen molar-refractivity contribution in [2.75, 3.05) is 24.9 Å². The van der Waals surface area contributed by atoms with E-state index in [0.29, 0.717) is 22.9 Å². The predicted molar refractivity (Wildman–Crippen MR) is 103 cm³/mol. The zero-order valence-electron chi connectivity index (χ0n) is 15.3. The monoisotopic (exact) mass is 354 g/mol. The first kappa shape index (κ1) is 19.1. The van der Waals surface area contributed by atoms with Crippen LogP contribution in [-0.4, -0.2) is 26.0 Å². The van der Waals surface area contributed by atoms with Crippen LogP contribution in [0.1, 0.15) is 19.4 Å². The van der Waals surface area contributed by atoms with Gasteiger partial charge in [-0.15, -0.1) is 0 Å². The van der Waals surface area contributed by atoms with Crippen LogP contribution in [0.4, 0.5) is 11.4 Å². The molecule has 0 aromatic heterocycles. The molecule has 0 saturated heterocycles. The van der Waals surface area contributed by atoms with Gasteiger partial charge in [0.1, 0.15) is 11.5 Å². The van der Waals surface area contributed by atoms with E-state index in [-0.39, 0.29) is 11.8 Å². The molecule has 6 nitrogen and oxygen atoms in total. The molecule has 2 N–H and O–H groups in total. The fraction of sp³-hybridized carbons (Fsp3) is 0.200. The van der Waals surface area contributed by atoms with Crippen molar-refractivity contribution < 1.29 is 19.1 Å². The third-order valence-corrected chi connectivity index (χ3v) is 3.63. The number of hydrogen-bond acceptors (Lipinski definition) is 4. The van der Waals surface area contributed by atoms with Gasteiger partial charge < -0.3 is 20.1 Å². The fourth-order valence-electron chi connectivity index (χ4n) is 2.45. The third kappa shape index (κ3) is 5.11. The van der Waals surface area contributed by atoms with E-state index in [9.17, 15) is 9.59 Å². The van der Waals surface area contributed by atoms with Gasteiger partial charge in [0.2, 0.25) is 11.8 Å². The Bertz CT molecular complexity index is 843. The SMILES string of the molecule is COc1ccc(/C(C)=C/C(=O)Nc2cccc(NC(C)=O)c2)c(OC)c1. The van der Waals surface area contributed by atoms with Crippen LogP contribution in [0, 0.1) is 0 Å². The van der Waals surface area contributed by atoms with Gasteiger partial charge >= 0.3 is 0 Å². The molecule has 0 aliphatic carbocycles. The molecular weight excluding hydrogens is 332 g/mol. The van der Waals surface area contributed by atoms with Crippen LogP contribution in [0.2, 0.25) is 0 Å². The zero-order valence-corrected chi connectivity index (χ0v) is 15.3. The molecular formula is C20H22N2O4. The van der Waals surface area contributed by atoms with Crippen molar-refractivity contribution in [2.24, 2.45) is 0 Å². The lowest BCUT2D eigenvalue weighted by atomic mass is 10.1. The number of rotatable bonds is 6. The lowest BCUT2D eigenvalue weighted by Crippen LogP contribution is -2.10. The summed E-state index contributed by atoms with van der Waals surface area (Å²) >= 11 is 0. The highest BCUT2D eigenvalue weighted by molar-refractivity contribution is 6.04. The number of nitrogens with one attached hydrogen (secondary N) is 2. The van der Waals surface area contributed by atoms with Crippen molar-refractivity contribution in [3.63, 3.8) is 0 Å². The molecule has 136 valence electrons. The molecule has 0 atom stereocenters. The molecule has 2 amide bonds. The van der Waals surface area contributed by atoms with Crippen LogP contribution < -0.4 is 20.1 Å². The van der Waals surface area contributed by atoms with Gasteiger partial charge in [-0.3, -0.25) is 9.59 Å². The first-order valence-corrected chi connectivity index (χ1v) is 8.02. The fourth-order valence-corrected chi connectivity index (χ4v) is 2.45. The number of carbonyl (C=O) groups is 2. The van der Waals surface area contributed by atoms with Crippen molar-refractivity contribution in [1.82, 2.24) is 0 Å². The van der Waals surface area contributed by atoms with E-state index in [2.05, 4.69) is 10.6 Å². The molecule has 0 aliphatic heterocycles. The number of hydrogen-bond donors (Lipinski definition) is 2. The highest BCUT2D eigenvalue weighted by Crippen LogP contribution is 2.30. The molecule has 6 heteroatoms. The van der Waals surface area contributed by atoms with Crippen LogP contribution in [-0.2, 0) is 9.59 Å². The topological polar surface area (TPSA) is 76.7 Å². The van der Waals surface area contributed by atoms with Crippen LogP contribution in [0.5, 0.6) is 11.5 Å². The van der Waals surface area contributed by atoms with Crippen LogP contribution in [0.25, 0.3) is 5.57 Å². The van der Waals surface area contributed by atoms with E-state index in [4.69, 9.17) is 9.47 Å². The number of allylic oxidation sites excluding steroid dienone is 1. The van der Waals surface area contributed by atoms with Crippen LogP contribution >= 0.6 is 0 Å². The Hall–Kier alpha value is -3.28. The zero-order chi connectivity index (χ0) is 19.1. The van der Waals surface area contributed by atoms with Crippen molar-refractivity contribution in [3.05, 3.63) is 54.1 Å². The second-order valence-corrected chi connectivity index (χ2v) is 5.64. The molecule has 2 rings (SSSR count). The van der Waals surface area contributed by atoms with Crippen molar-refractivity contribution in [2.45, 2.75) is 13.8 Å². The lowest BCUT2D eigenvalue weighted by molar-refractivity contribution is -0.114. The van der Waals surface area contributed by atoms with Crippen molar-refractivity contribution in [1.29, 1.82) is 0 Å². The summed E-state index contributed by atoms with van der Waals surface area (Å²) in [5.41, 5.74) is 2.76. The van der Waals surface area contributed by atoms with Gasteiger partial charge in [0, 0.05) is 36.0 Å². The van der Waals surface area contributed by atoms with Gasteiger partial charge in [0.25, 0.3) is 0 Å². The summed E-state index contributed by atoms with van der Waals surface area (Å²) in [6.07, 6.45) is 1.50. The molecule has 2 aromatic carbocycles. The summed E-state index contributed by atoms with van der Waals surface area (Å²) in [5, 5.41) is 5.46. The summed E-state index contributed by atoms with van der Waals surface area (Å²) in [5.74, 6) is 0.854. The molecule has 2 aromatic rings. The number of carbonyl (C=O) groups excluding carboxylic acids is 2. The van der Waals surface area contributed by atoms with Gasteiger partial charge in [-0.1, -0.05) is 6.07 Å². The molecule has 0 unspecified atom stereocenters. The summed E-state index contributed by atoms with van der Waals surface area (Å²) in [6.45, 7) is 3.26. The van der Waals surface area contributed by atoms with E-state index in [0.717, 1.165) is 11.1 Å². The van der Waals surface area contributed by atoms with E-state index >= 15 is 0 Å². The van der Waals surface area contributed by atoms with Gasteiger partial charge in [-0.25, -0.2) is 0 Å². The first-order valence-electron chi connectivity index (χ1n) is 8.02. The molecule has 0 radical (unpaired) electrons.